The summed E-state index contributed by atoms with van der Waals surface area (Å²) >= 11 is 0. The number of fused-ring (bicyclic) bond motifs is 1. The minimum atomic E-state index is -0.386. The van der Waals surface area contributed by atoms with Crippen molar-refractivity contribution in [2.45, 2.75) is 46.3 Å². The zero-order chi connectivity index (χ0) is 24.4. The van der Waals surface area contributed by atoms with Gasteiger partial charge in [-0.2, -0.15) is 4.98 Å². The fourth-order valence-electron chi connectivity index (χ4n) is 3.89. The number of aryl methyl sites for hydroxylation is 1. The van der Waals surface area contributed by atoms with Gasteiger partial charge in [0, 0.05) is 23.8 Å². The summed E-state index contributed by atoms with van der Waals surface area (Å²) in [5, 5.41) is 8.95. The van der Waals surface area contributed by atoms with Crippen LogP contribution in [0.25, 0.3) is 0 Å². The highest BCUT2D eigenvalue weighted by atomic mass is 19.1. The molecule has 2 amide bonds. The Morgan fingerprint density at radius 2 is 1.79 bits per heavy atom. The Bertz CT molecular complexity index is 1210. The highest BCUT2D eigenvalue weighted by Gasteiger charge is 2.34. The molecule has 0 saturated carbocycles. The SMILES string of the molecule is Cc1nc(NCc2ccc(NC(=O)c3ccc(F)cc3)cc2)nc2c1NC(=O)C(C)N2C(C)C. The van der Waals surface area contributed by atoms with Gasteiger partial charge >= 0.3 is 0 Å². The molecular weight excluding hydrogens is 435 g/mol. The smallest absolute Gasteiger partial charge is 0.255 e. The lowest BCUT2D eigenvalue weighted by Crippen LogP contribution is -2.50. The third kappa shape index (κ3) is 4.83. The number of halogens is 1. The Morgan fingerprint density at radius 3 is 2.44 bits per heavy atom. The molecule has 4 rings (SSSR count). The first-order valence-corrected chi connectivity index (χ1v) is 11.1. The quantitative estimate of drug-likeness (QED) is 0.504. The first-order valence-electron chi connectivity index (χ1n) is 11.1. The highest BCUT2D eigenvalue weighted by molar-refractivity contribution is 6.04. The van der Waals surface area contributed by atoms with Crippen molar-refractivity contribution in [3.8, 4) is 0 Å². The number of carbonyl (C=O) groups excluding carboxylic acids is 2. The molecule has 9 heteroatoms. The van der Waals surface area contributed by atoms with Crippen molar-refractivity contribution in [3.63, 3.8) is 0 Å². The second kappa shape index (κ2) is 9.46. The zero-order valence-corrected chi connectivity index (χ0v) is 19.5. The lowest BCUT2D eigenvalue weighted by Gasteiger charge is -2.38. The molecule has 1 aliphatic heterocycles. The summed E-state index contributed by atoms with van der Waals surface area (Å²) in [6.45, 7) is 8.24. The van der Waals surface area contributed by atoms with Gasteiger partial charge in [0.2, 0.25) is 11.9 Å². The number of anilines is 4. The first-order chi connectivity index (χ1) is 16.2. The molecule has 3 aromatic rings. The molecule has 2 aromatic carbocycles. The number of carbonyl (C=O) groups is 2. The standard InChI is InChI=1S/C25H27FN6O2/c1-14(2)32-16(4)23(33)30-21-15(3)28-25(31-22(21)32)27-13-17-5-11-20(12-6-17)29-24(34)18-7-9-19(26)10-8-18/h5-12,14,16H,13H2,1-4H3,(H,29,34)(H,30,33)(H,27,28,31). The largest absolute Gasteiger partial charge is 0.350 e. The van der Waals surface area contributed by atoms with E-state index in [-0.39, 0.29) is 29.7 Å². The third-order valence-electron chi connectivity index (χ3n) is 5.69. The van der Waals surface area contributed by atoms with E-state index in [0.29, 0.717) is 40.9 Å². The number of benzene rings is 2. The number of nitrogens with zero attached hydrogens (tertiary/aromatic N) is 3. The van der Waals surface area contributed by atoms with E-state index in [2.05, 4.69) is 25.9 Å². The van der Waals surface area contributed by atoms with Gasteiger partial charge in [0.1, 0.15) is 17.5 Å². The summed E-state index contributed by atoms with van der Waals surface area (Å²) in [6.07, 6.45) is 0. The predicted octanol–water partition coefficient (Wildman–Crippen LogP) is 4.34. The average molecular weight is 463 g/mol. The molecule has 2 heterocycles. The maximum absolute atomic E-state index is 13.0. The summed E-state index contributed by atoms with van der Waals surface area (Å²) < 4.78 is 13.0. The van der Waals surface area contributed by atoms with Crippen LogP contribution in [-0.4, -0.2) is 33.9 Å². The lowest BCUT2D eigenvalue weighted by atomic mass is 10.1. The summed E-state index contributed by atoms with van der Waals surface area (Å²) in [7, 11) is 0. The normalized spacial score (nSPS) is 15.1. The maximum Gasteiger partial charge on any atom is 0.255 e. The van der Waals surface area contributed by atoms with E-state index in [9.17, 15) is 14.0 Å². The van der Waals surface area contributed by atoms with Gasteiger partial charge in [0.15, 0.2) is 5.82 Å². The van der Waals surface area contributed by atoms with Crippen molar-refractivity contribution in [1.29, 1.82) is 0 Å². The number of rotatable bonds is 6. The Balaban J connectivity index is 1.44. The van der Waals surface area contributed by atoms with E-state index < -0.39 is 0 Å². The molecule has 0 saturated heterocycles. The Labute approximate surface area is 197 Å². The van der Waals surface area contributed by atoms with Crippen LogP contribution in [0.4, 0.5) is 27.5 Å². The topological polar surface area (TPSA) is 99.2 Å². The summed E-state index contributed by atoms with van der Waals surface area (Å²) in [5.41, 5.74) is 3.33. The van der Waals surface area contributed by atoms with Crippen LogP contribution in [0.5, 0.6) is 0 Å². The lowest BCUT2D eigenvalue weighted by molar-refractivity contribution is -0.117. The van der Waals surface area contributed by atoms with Crippen LogP contribution in [0.1, 0.15) is 42.4 Å². The zero-order valence-electron chi connectivity index (χ0n) is 19.5. The van der Waals surface area contributed by atoms with Crippen LogP contribution in [0, 0.1) is 12.7 Å². The molecule has 1 aromatic heterocycles. The number of hydrogen-bond acceptors (Lipinski definition) is 6. The minimum absolute atomic E-state index is 0.0692. The van der Waals surface area contributed by atoms with Gasteiger partial charge in [-0.05, 0) is 69.7 Å². The monoisotopic (exact) mass is 462 g/mol. The van der Waals surface area contributed by atoms with E-state index in [1.807, 2.05) is 44.7 Å². The van der Waals surface area contributed by atoms with Crippen molar-refractivity contribution in [2.75, 3.05) is 20.9 Å². The van der Waals surface area contributed by atoms with Crippen LogP contribution in [0.15, 0.2) is 48.5 Å². The van der Waals surface area contributed by atoms with E-state index in [4.69, 9.17) is 0 Å². The van der Waals surface area contributed by atoms with Gasteiger partial charge in [-0.3, -0.25) is 9.59 Å². The van der Waals surface area contributed by atoms with Gasteiger partial charge in [0.25, 0.3) is 5.91 Å². The van der Waals surface area contributed by atoms with Crippen molar-refractivity contribution < 1.29 is 14.0 Å². The third-order valence-corrected chi connectivity index (χ3v) is 5.69. The molecule has 34 heavy (non-hydrogen) atoms. The minimum Gasteiger partial charge on any atom is -0.350 e. The molecule has 0 fully saturated rings. The molecule has 3 N–H and O–H groups in total. The van der Waals surface area contributed by atoms with Gasteiger partial charge in [-0.1, -0.05) is 12.1 Å². The fourth-order valence-corrected chi connectivity index (χ4v) is 3.89. The molecular formula is C25H27FN6O2. The van der Waals surface area contributed by atoms with E-state index in [1.165, 1.54) is 24.3 Å². The molecule has 1 aliphatic rings. The second-order valence-electron chi connectivity index (χ2n) is 8.51. The Hall–Kier alpha value is -4.01. The molecule has 0 bridgehead atoms. The fraction of sp³-hybridized carbons (Fsp3) is 0.280. The molecule has 0 aliphatic carbocycles. The van der Waals surface area contributed by atoms with Crippen molar-refractivity contribution in [1.82, 2.24) is 9.97 Å². The van der Waals surface area contributed by atoms with Gasteiger partial charge in [-0.15, -0.1) is 0 Å². The number of aromatic nitrogens is 2. The van der Waals surface area contributed by atoms with Gasteiger partial charge in [0.05, 0.1) is 5.69 Å². The number of nitrogens with one attached hydrogen (secondary N) is 3. The van der Waals surface area contributed by atoms with Crippen molar-refractivity contribution >= 4 is 35.0 Å². The van der Waals surface area contributed by atoms with E-state index in [0.717, 1.165) is 5.56 Å². The van der Waals surface area contributed by atoms with Crippen LogP contribution < -0.4 is 20.9 Å². The van der Waals surface area contributed by atoms with Gasteiger partial charge < -0.3 is 20.9 Å². The molecule has 176 valence electrons. The first kappa shape index (κ1) is 23.2. The molecule has 0 spiro atoms. The Kier molecular flexibility index (Phi) is 6.45. The molecule has 1 atom stereocenters. The molecule has 1 unspecified atom stereocenters. The molecule has 0 radical (unpaired) electrons. The summed E-state index contributed by atoms with van der Waals surface area (Å²) in [4.78, 5) is 35.8. The van der Waals surface area contributed by atoms with Crippen LogP contribution in [-0.2, 0) is 11.3 Å². The van der Waals surface area contributed by atoms with Crippen LogP contribution in [0.2, 0.25) is 0 Å². The maximum atomic E-state index is 13.0. The number of amides is 2. The predicted molar refractivity (Wildman–Crippen MR) is 131 cm³/mol. The summed E-state index contributed by atoms with van der Waals surface area (Å²) in [5.74, 6) is 0.414. The van der Waals surface area contributed by atoms with E-state index in [1.54, 1.807) is 12.1 Å². The van der Waals surface area contributed by atoms with E-state index >= 15 is 0 Å². The Morgan fingerprint density at radius 1 is 1.12 bits per heavy atom. The van der Waals surface area contributed by atoms with Gasteiger partial charge in [-0.25, -0.2) is 9.37 Å². The summed E-state index contributed by atoms with van der Waals surface area (Å²) in [6, 6.07) is 12.5. The second-order valence-corrected chi connectivity index (χ2v) is 8.51. The molecule has 8 nitrogen and oxygen atoms in total. The van der Waals surface area contributed by atoms with Crippen LogP contribution in [0.3, 0.4) is 0 Å². The van der Waals surface area contributed by atoms with Crippen LogP contribution >= 0.6 is 0 Å². The van der Waals surface area contributed by atoms with Crippen molar-refractivity contribution in [2.24, 2.45) is 0 Å². The average Bonchev–Trinajstić information content (AvgIpc) is 2.80. The van der Waals surface area contributed by atoms with Crippen molar-refractivity contribution in [3.05, 3.63) is 71.2 Å². The highest BCUT2D eigenvalue weighted by Crippen LogP contribution is 2.34. The number of hydrogen-bond donors (Lipinski definition) is 3.